The second-order valence-electron chi connectivity index (χ2n) is 11.3. The number of carboxylic acids is 1. The van der Waals surface area contributed by atoms with Gasteiger partial charge in [0.15, 0.2) is 0 Å². The van der Waals surface area contributed by atoms with Crippen LogP contribution in [0.2, 0.25) is 0 Å². The molecule has 0 aromatic heterocycles. The van der Waals surface area contributed by atoms with E-state index in [2.05, 4.69) is 16.8 Å². The van der Waals surface area contributed by atoms with Crippen molar-refractivity contribution in [2.24, 2.45) is 0 Å². The number of nitrogens with zero attached hydrogens (tertiary/aromatic N) is 1. The highest BCUT2D eigenvalue weighted by molar-refractivity contribution is 8.03. The predicted molar refractivity (Wildman–Crippen MR) is 160 cm³/mol. The summed E-state index contributed by atoms with van der Waals surface area (Å²) in [6.45, 7) is 3.85. The number of carboxylic acid groups (broad SMARTS) is 1. The molecule has 0 spiro atoms. The molecule has 1 heterocycles. The van der Waals surface area contributed by atoms with Gasteiger partial charge in [0.2, 0.25) is 10.0 Å². The Morgan fingerprint density at radius 1 is 1.14 bits per heavy atom. The lowest BCUT2D eigenvalue weighted by molar-refractivity contribution is -0.138. The van der Waals surface area contributed by atoms with E-state index in [1.165, 1.54) is 25.2 Å². The van der Waals surface area contributed by atoms with Gasteiger partial charge in [-0.1, -0.05) is 36.8 Å². The number of rotatable bonds is 15. The predicted octanol–water partition coefficient (Wildman–Crippen LogP) is 5.93. The molecule has 1 aliphatic heterocycles. The van der Waals surface area contributed by atoms with Crippen molar-refractivity contribution < 1.29 is 36.6 Å². The second kappa shape index (κ2) is 14.4. The summed E-state index contributed by atoms with van der Waals surface area (Å²) in [7, 11) is -3.15. The molecule has 2 atom stereocenters. The summed E-state index contributed by atoms with van der Waals surface area (Å²) in [5, 5.41) is 25.5. The molecule has 3 rings (SSSR count). The monoisotopic (exact) mass is 628 g/mol. The Labute approximate surface area is 250 Å². The number of aliphatic hydroxyl groups is 1. The van der Waals surface area contributed by atoms with Crippen molar-refractivity contribution in [3.63, 3.8) is 0 Å². The van der Waals surface area contributed by atoms with E-state index in [4.69, 9.17) is 5.11 Å². The summed E-state index contributed by atoms with van der Waals surface area (Å²) in [5.74, 6) is -0.965. The molecule has 2 aromatic rings. The van der Waals surface area contributed by atoms with Crippen molar-refractivity contribution >= 4 is 27.8 Å². The van der Waals surface area contributed by atoms with Crippen LogP contribution in [-0.2, 0) is 27.4 Å². The van der Waals surface area contributed by atoms with Gasteiger partial charge in [-0.25, -0.2) is 8.42 Å². The van der Waals surface area contributed by atoms with Gasteiger partial charge < -0.3 is 15.5 Å². The normalized spacial score (nSPS) is 16.7. The molecule has 0 amide bonds. The lowest BCUT2D eigenvalue weighted by Gasteiger charge is -2.29. The van der Waals surface area contributed by atoms with Gasteiger partial charge >= 0.3 is 12.1 Å². The molecule has 42 heavy (non-hydrogen) atoms. The summed E-state index contributed by atoms with van der Waals surface area (Å²) in [5.41, 5.74) is -0.297. The molecule has 0 bridgehead atoms. The van der Waals surface area contributed by atoms with Gasteiger partial charge in [-0.2, -0.15) is 17.5 Å². The third-order valence-electron chi connectivity index (χ3n) is 7.24. The number of β-amino-alcohol motifs (C(OH)–C–C–N with tert-alkyl or cyclic N) is 1. The van der Waals surface area contributed by atoms with E-state index in [0.717, 1.165) is 36.1 Å². The fraction of sp³-hybridized carbons (Fsp3) is 0.500. The highest BCUT2D eigenvalue weighted by atomic mass is 32.2. The van der Waals surface area contributed by atoms with Crippen LogP contribution < -0.4 is 5.32 Å². The molecule has 12 heteroatoms. The zero-order valence-corrected chi connectivity index (χ0v) is 25.7. The largest absolute Gasteiger partial charge is 0.481 e. The number of benzene rings is 2. The number of nitrogens with one attached hydrogen (secondary N) is 1. The molecule has 232 valence electrons. The van der Waals surface area contributed by atoms with E-state index in [-0.39, 0.29) is 37.0 Å². The van der Waals surface area contributed by atoms with Gasteiger partial charge in [0.05, 0.1) is 16.6 Å². The Bertz CT molecular complexity index is 1340. The molecular weight excluding hydrogens is 589 g/mol. The summed E-state index contributed by atoms with van der Waals surface area (Å²) >= 11 is 1.84. The molecule has 0 radical (unpaired) electrons. The number of hydrogen-bond acceptors (Lipinski definition) is 6. The van der Waals surface area contributed by atoms with Crippen LogP contribution in [0.5, 0.6) is 0 Å². The number of aliphatic carboxylic acids is 1. The van der Waals surface area contributed by atoms with Crippen LogP contribution in [0.4, 0.5) is 13.2 Å². The molecule has 2 aromatic carbocycles. The fourth-order valence-corrected chi connectivity index (χ4v) is 6.95. The lowest BCUT2D eigenvalue weighted by atomic mass is 9.96. The van der Waals surface area contributed by atoms with Gasteiger partial charge in [0.25, 0.3) is 0 Å². The summed E-state index contributed by atoms with van der Waals surface area (Å²) < 4.78 is 68.9. The van der Waals surface area contributed by atoms with Gasteiger partial charge in [0, 0.05) is 37.3 Å². The van der Waals surface area contributed by atoms with E-state index >= 15 is 0 Å². The first-order valence-corrected chi connectivity index (χ1v) is 16.2. The minimum absolute atomic E-state index is 0.0531. The van der Waals surface area contributed by atoms with Crippen LogP contribution in [-0.4, -0.2) is 65.9 Å². The first kappa shape index (κ1) is 34.1. The maximum absolute atomic E-state index is 13.8. The number of likely N-dealkylation sites (N-methyl/N-ethyl adjacent to an activating group) is 1. The van der Waals surface area contributed by atoms with E-state index < -0.39 is 38.7 Å². The van der Waals surface area contributed by atoms with Crippen molar-refractivity contribution in [2.45, 2.75) is 80.3 Å². The van der Waals surface area contributed by atoms with Gasteiger partial charge in [-0.3, -0.25) is 4.79 Å². The number of thioether (sulfide) groups is 1. The number of aliphatic hydroxyl groups excluding tert-OH is 1. The van der Waals surface area contributed by atoms with Crippen LogP contribution >= 0.6 is 11.8 Å². The van der Waals surface area contributed by atoms with Crippen LogP contribution in [0.25, 0.3) is 11.1 Å². The summed E-state index contributed by atoms with van der Waals surface area (Å²) in [6, 6.07) is 8.94. The fourth-order valence-electron chi connectivity index (χ4n) is 4.70. The molecule has 1 aliphatic rings. The summed E-state index contributed by atoms with van der Waals surface area (Å²) in [4.78, 5) is 10.3. The Morgan fingerprint density at radius 2 is 1.83 bits per heavy atom. The highest BCUT2D eigenvalue weighted by Crippen LogP contribution is 2.35. The molecule has 0 fully saturated rings. The van der Waals surface area contributed by atoms with E-state index in [1.807, 2.05) is 25.6 Å². The Hall–Kier alpha value is -2.38. The van der Waals surface area contributed by atoms with Crippen LogP contribution in [0, 0.1) is 0 Å². The van der Waals surface area contributed by atoms with Gasteiger partial charge in [-0.05, 0) is 79.8 Å². The molecular formula is C30H39F3N2O5S2. The number of aryl methyl sites for hydroxylation is 1. The second-order valence-corrected chi connectivity index (χ2v) is 14.6. The zero-order chi connectivity index (χ0) is 31.1. The average molecular weight is 629 g/mol. The topological polar surface area (TPSA) is 107 Å². The first-order chi connectivity index (χ1) is 19.6. The van der Waals surface area contributed by atoms with Crippen molar-refractivity contribution in [3.05, 3.63) is 65.1 Å². The molecule has 0 saturated carbocycles. The third-order valence-corrected chi connectivity index (χ3v) is 10.2. The van der Waals surface area contributed by atoms with Crippen molar-refractivity contribution in [1.29, 1.82) is 0 Å². The minimum Gasteiger partial charge on any atom is -0.481 e. The highest BCUT2D eigenvalue weighted by Gasteiger charge is 2.34. The minimum atomic E-state index is -4.79. The maximum Gasteiger partial charge on any atom is 0.416 e. The first-order valence-electron chi connectivity index (χ1n) is 13.8. The smallest absolute Gasteiger partial charge is 0.416 e. The standard InChI is InChI=1S/C30H39F3N2O5S2/c1-29(2,14-4-6-26-7-5-15-41-26)34-19-25(36)20-35(3)42(39,40)27-17-23(16-24(18-27)30(31,32)33)22-11-8-21(9-12-22)10-13-28(37)38/h5,8-9,11-12,15-18,25-26,34,36H,4,6-7,10,13-14,19-20H2,1-3H3,(H,37,38)/t25-,26?/m1/s1. The van der Waals surface area contributed by atoms with E-state index in [0.29, 0.717) is 22.4 Å². The van der Waals surface area contributed by atoms with Gasteiger partial charge in [0.1, 0.15) is 0 Å². The van der Waals surface area contributed by atoms with Crippen molar-refractivity contribution in [2.75, 3.05) is 20.1 Å². The number of sulfonamides is 1. The molecule has 0 saturated heterocycles. The molecule has 3 N–H and O–H groups in total. The number of hydrogen-bond donors (Lipinski definition) is 3. The zero-order valence-electron chi connectivity index (χ0n) is 24.0. The number of halogens is 3. The Kier molecular flexibility index (Phi) is 11.7. The van der Waals surface area contributed by atoms with E-state index in [9.17, 15) is 31.5 Å². The van der Waals surface area contributed by atoms with Crippen molar-refractivity contribution in [1.82, 2.24) is 9.62 Å². The third kappa shape index (κ3) is 10.1. The summed E-state index contributed by atoms with van der Waals surface area (Å²) in [6.07, 6.45) is 0.508. The Balaban J connectivity index is 1.69. The SMILES string of the molecule is CN(C[C@H](O)CNC(C)(C)CCCC1CC=CS1)S(=O)(=O)c1cc(-c2ccc(CCC(=O)O)cc2)cc(C(F)(F)F)c1. The lowest BCUT2D eigenvalue weighted by Crippen LogP contribution is -2.46. The van der Waals surface area contributed by atoms with Crippen molar-refractivity contribution in [3.8, 4) is 11.1 Å². The molecule has 0 aliphatic carbocycles. The van der Waals surface area contributed by atoms with E-state index in [1.54, 1.807) is 12.1 Å². The number of alkyl halides is 3. The number of carbonyl (C=O) groups is 1. The average Bonchev–Trinajstić information content (AvgIpc) is 3.44. The maximum atomic E-state index is 13.8. The van der Waals surface area contributed by atoms with Crippen LogP contribution in [0.15, 0.2) is 58.8 Å². The van der Waals surface area contributed by atoms with Gasteiger partial charge in [-0.15, -0.1) is 11.8 Å². The van der Waals surface area contributed by atoms with Crippen LogP contribution in [0.1, 0.15) is 57.1 Å². The molecule has 7 nitrogen and oxygen atoms in total. The molecule has 1 unspecified atom stereocenters. The van der Waals surface area contributed by atoms with Crippen LogP contribution in [0.3, 0.4) is 0 Å². The quantitative estimate of drug-likeness (QED) is 0.225. The Morgan fingerprint density at radius 3 is 2.43 bits per heavy atom. The number of allylic oxidation sites excluding steroid dienone is 1.